The van der Waals surface area contributed by atoms with Gasteiger partial charge < -0.3 is 10.6 Å². The molecule has 0 rings (SSSR count). The van der Waals surface area contributed by atoms with Crippen molar-refractivity contribution in [2.24, 2.45) is 5.73 Å². The van der Waals surface area contributed by atoms with Crippen LogP contribution in [-0.2, 0) is 10.1 Å². The molecule has 5 nitrogen and oxygen atoms in total. The molecule has 0 spiro atoms. The van der Waals surface area contributed by atoms with Gasteiger partial charge in [0.2, 0.25) is 0 Å². The van der Waals surface area contributed by atoms with Crippen LogP contribution in [0.3, 0.4) is 0 Å². The lowest BCUT2D eigenvalue weighted by Crippen LogP contribution is -2.58. The molecule has 0 aromatic carbocycles. The van der Waals surface area contributed by atoms with Crippen molar-refractivity contribution in [3.8, 4) is 0 Å². The maximum atomic E-state index is 11.3. The van der Waals surface area contributed by atoms with E-state index in [1.807, 2.05) is 0 Å². The van der Waals surface area contributed by atoms with Crippen molar-refractivity contribution >= 4 is 44.5 Å². The molecule has 8 heteroatoms. The first-order chi connectivity index (χ1) is 6.61. The first kappa shape index (κ1) is 14.7. The van der Waals surface area contributed by atoms with E-state index in [4.69, 9.17) is 30.2 Å². The Morgan fingerprint density at radius 1 is 1.47 bits per heavy atom. The van der Waals surface area contributed by atoms with E-state index in [1.165, 1.54) is 4.90 Å². The summed E-state index contributed by atoms with van der Waals surface area (Å²) in [6, 6.07) is 0. The molecule has 3 N–H and O–H groups in total. The molecular formula is C7H14N2O3S3. The van der Waals surface area contributed by atoms with Gasteiger partial charge in [0.25, 0.3) is 10.1 Å². The Morgan fingerprint density at radius 3 is 1.93 bits per heavy atom. The van der Waals surface area contributed by atoms with Gasteiger partial charge in [-0.25, -0.2) is 0 Å². The molecule has 0 heterocycles. The largest absolute Gasteiger partial charge is 0.392 e. The van der Waals surface area contributed by atoms with Crippen LogP contribution in [0.1, 0.15) is 13.3 Å². The van der Waals surface area contributed by atoms with Gasteiger partial charge in [0.1, 0.15) is 9.98 Å². The zero-order valence-corrected chi connectivity index (χ0v) is 11.2. The zero-order chi connectivity index (χ0) is 12.4. The maximum absolute atomic E-state index is 11.3. The van der Waals surface area contributed by atoms with E-state index >= 15 is 0 Å². The van der Waals surface area contributed by atoms with E-state index in [9.17, 15) is 13.0 Å². The summed E-state index contributed by atoms with van der Waals surface area (Å²) in [5.41, 5.74) is 5.39. The molecule has 0 saturated heterocycles. The van der Waals surface area contributed by atoms with Crippen molar-refractivity contribution in [2.45, 2.75) is 18.1 Å². The van der Waals surface area contributed by atoms with Crippen LogP contribution in [0, 0.1) is 0 Å². The number of nitrogens with two attached hydrogens (primary N) is 1. The third-order valence-corrected chi connectivity index (χ3v) is 4.99. The van der Waals surface area contributed by atoms with Crippen LogP contribution in [0.4, 0.5) is 0 Å². The van der Waals surface area contributed by atoms with E-state index < -0.39 is 14.9 Å². The van der Waals surface area contributed by atoms with Gasteiger partial charge in [0.15, 0.2) is 4.75 Å². The summed E-state index contributed by atoms with van der Waals surface area (Å²) >= 11 is 9.65. The molecule has 0 amide bonds. The molecule has 0 saturated carbocycles. The number of rotatable bonds is 4. The maximum Gasteiger partial charge on any atom is 0.283 e. The summed E-state index contributed by atoms with van der Waals surface area (Å²) in [7, 11) is -1.34. The van der Waals surface area contributed by atoms with Crippen LogP contribution in [0.5, 0.6) is 0 Å². The van der Waals surface area contributed by atoms with Crippen LogP contribution >= 0.6 is 24.4 Å². The Morgan fingerprint density at radius 2 is 1.87 bits per heavy atom. The third-order valence-electron chi connectivity index (χ3n) is 2.09. The summed E-state index contributed by atoms with van der Waals surface area (Å²) in [5, 5.41) is 0. The first-order valence-electron chi connectivity index (χ1n) is 4.10. The second kappa shape index (κ2) is 4.69. The molecule has 88 valence electrons. The average Bonchev–Trinajstić information content (AvgIpc) is 2.02. The van der Waals surface area contributed by atoms with Gasteiger partial charge in [-0.15, -0.1) is 0 Å². The molecule has 15 heavy (non-hydrogen) atoms. The van der Waals surface area contributed by atoms with Crippen molar-refractivity contribution in [1.82, 2.24) is 4.90 Å². The van der Waals surface area contributed by atoms with Crippen LogP contribution in [0.15, 0.2) is 0 Å². The zero-order valence-electron chi connectivity index (χ0n) is 8.72. The van der Waals surface area contributed by atoms with Crippen LogP contribution in [-0.4, -0.2) is 46.7 Å². The quantitative estimate of drug-likeness (QED) is 0.557. The molecule has 0 aliphatic heterocycles. The molecule has 0 fully saturated rings. The minimum atomic E-state index is -4.47. The number of hydrogen-bond donors (Lipinski definition) is 2. The van der Waals surface area contributed by atoms with Crippen molar-refractivity contribution in [3.05, 3.63) is 0 Å². The van der Waals surface area contributed by atoms with E-state index in [0.717, 1.165) is 0 Å². The van der Waals surface area contributed by atoms with Crippen molar-refractivity contribution in [3.63, 3.8) is 0 Å². The van der Waals surface area contributed by atoms with Crippen LogP contribution in [0.2, 0.25) is 0 Å². The number of nitrogens with zero attached hydrogens (tertiary/aromatic N) is 1. The Bertz CT molecular complexity index is 377. The van der Waals surface area contributed by atoms with Gasteiger partial charge in [-0.3, -0.25) is 4.55 Å². The Balaban J connectivity index is 5.81. The lowest BCUT2D eigenvalue weighted by Gasteiger charge is -2.32. The van der Waals surface area contributed by atoms with Gasteiger partial charge in [0, 0.05) is 14.1 Å². The van der Waals surface area contributed by atoms with Gasteiger partial charge in [-0.05, 0) is 6.42 Å². The van der Waals surface area contributed by atoms with E-state index in [-0.39, 0.29) is 16.4 Å². The molecule has 0 aliphatic carbocycles. The second-order valence-electron chi connectivity index (χ2n) is 3.22. The van der Waals surface area contributed by atoms with E-state index in [1.54, 1.807) is 21.0 Å². The minimum absolute atomic E-state index is 0.00181. The molecular weight excluding hydrogens is 256 g/mol. The minimum Gasteiger partial charge on any atom is -0.392 e. The number of hydrogen-bond acceptors (Lipinski definition) is 4. The predicted octanol–water partition coefficient (Wildman–Crippen LogP) is 0.198. The van der Waals surface area contributed by atoms with Gasteiger partial charge in [-0.1, -0.05) is 31.4 Å². The summed E-state index contributed by atoms with van der Waals surface area (Å²) in [4.78, 5) is 1.04. The highest BCUT2D eigenvalue weighted by Gasteiger charge is 2.49. The van der Waals surface area contributed by atoms with Gasteiger partial charge >= 0.3 is 0 Å². The lowest BCUT2D eigenvalue weighted by molar-refractivity contribution is 0.461. The molecule has 1 unspecified atom stereocenters. The summed E-state index contributed by atoms with van der Waals surface area (Å²) in [6.45, 7) is 1.54. The fourth-order valence-electron chi connectivity index (χ4n) is 1.21. The molecule has 0 aromatic rings. The molecule has 0 aliphatic rings. The normalized spacial score (nSPS) is 15.5. The van der Waals surface area contributed by atoms with E-state index in [0.29, 0.717) is 0 Å². The second-order valence-corrected chi connectivity index (χ2v) is 5.69. The molecule has 0 aromatic heterocycles. The SMILES string of the molecule is CCC(C(N)=S)(C(=S)N(C)C)S(=O)(=O)O. The smallest absolute Gasteiger partial charge is 0.283 e. The summed E-state index contributed by atoms with van der Waals surface area (Å²) < 4.78 is 30.1. The lowest BCUT2D eigenvalue weighted by atomic mass is 10.1. The fraction of sp³-hybridized carbons (Fsp3) is 0.714. The highest BCUT2D eigenvalue weighted by Crippen LogP contribution is 2.25. The molecule has 0 radical (unpaired) electrons. The van der Waals surface area contributed by atoms with Crippen LogP contribution < -0.4 is 5.73 Å². The third kappa shape index (κ3) is 2.44. The first-order valence-corrected chi connectivity index (χ1v) is 6.35. The van der Waals surface area contributed by atoms with Crippen molar-refractivity contribution < 1.29 is 13.0 Å². The predicted molar refractivity (Wildman–Crippen MR) is 67.6 cm³/mol. The van der Waals surface area contributed by atoms with Crippen LogP contribution in [0.25, 0.3) is 0 Å². The monoisotopic (exact) mass is 270 g/mol. The fourth-order valence-corrected chi connectivity index (χ4v) is 3.43. The Kier molecular flexibility index (Phi) is 4.59. The molecule has 0 bridgehead atoms. The van der Waals surface area contributed by atoms with E-state index in [2.05, 4.69) is 0 Å². The average molecular weight is 270 g/mol. The molecule has 1 atom stereocenters. The van der Waals surface area contributed by atoms with Crippen molar-refractivity contribution in [1.29, 1.82) is 0 Å². The Labute approximate surface area is 100 Å². The topological polar surface area (TPSA) is 83.6 Å². The highest BCUT2D eigenvalue weighted by molar-refractivity contribution is 7.94. The highest BCUT2D eigenvalue weighted by atomic mass is 32.2. The number of thiocarbonyl (C=S) groups is 2. The van der Waals surface area contributed by atoms with Gasteiger partial charge in [-0.2, -0.15) is 8.42 Å². The summed E-state index contributed by atoms with van der Waals surface area (Å²) in [6.07, 6.45) is -0.00181. The van der Waals surface area contributed by atoms with Gasteiger partial charge in [0.05, 0.1) is 0 Å². The Hall–Kier alpha value is -0.310. The standard InChI is InChI=1S/C7H14N2O3S3/c1-4-7(5(8)13,15(10,11)12)6(14)9(2)3/h4H2,1-3H3,(H2,8,13)(H,10,11,12). The van der Waals surface area contributed by atoms with Crippen molar-refractivity contribution in [2.75, 3.05) is 14.1 Å². The summed E-state index contributed by atoms with van der Waals surface area (Å²) in [5.74, 6) is 0.